The van der Waals surface area contributed by atoms with Crippen molar-refractivity contribution in [2.45, 2.75) is 26.2 Å². The summed E-state index contributed by atoms with van der Waals surface area (Å²) in [5.41, 5.74) is 0.756. The fourth-order valence-electron chi connectivity index (χ4n) is 2.02. The summed E-state index contributed by atoms with van der Waals surface area (Å²) in [4.78, 5) is 23.0. The minimum Gasteiger partial charge on any atom is -0.496 e. The molecule has 5 nitrogen and oxygen atoms in total. The number of ether oxygens (including phenoxy) is 1. The molecule has 0 spiro atoms. The Kier molecular flexibility index (Phi) is 7.22. The molecule has 0 bridgehead atoms. The van der Waals surface area contributed by atoms with Crippen molar-refractivity contribution in [2.75, 3.05) is 13.7 Å². The molecular formula is C15H20BrNO4. The molecule has 1 aromatic carbocycles. The van der Waals surface area contributed by atoms with Crippen molar-refractivity contribution in [1.82, 2.24) is 5.32 Å². The third-order valence-electron chi connectivity index (χ3n) is 3.13. The van der Waals surface area contributed by atoms with Crippen LogP contribution in [0.2, 0.25) is 0 Å². The van der Waals surface area contributed by atoms with Gasteiger partial charge in [0.1, 0.15) is 5.75 Å². The third kappa shape index (κ3) is 5.75. The van der Waals surface area contributed by atoms with Crippen LogP contribution in [-0.4, -0.2) is 30.6 Å². The van der Waals surface area contributed by atoms with Crippen molar-refractivity contribution < 1.29 is 19.4 Å². The van der Waals surface area contributed by atoms with Crippen molar-refractivity contribution in [2.24, 2.45) is 5.92 Å². The van der Waals surface area contributed by atoms with Crippen LogP contribution in [0.3, 0.4) is 0 Å². The summed E-state index contributed by atoms with van der Waals surface area (Å²) in [7, 11) is 1.55. The van der Waals surface area contributed by atoms with Gasteiger partial charge in [-0.25, -0.2) is 0 Å². The summed E-state index contributed by atoms with van der Waals surface area (Å²) in [5.74, 6) is -0.994. The maximum atomic E-state index is 11.9. The van der Waals surface area contributed by atoms with Crippen molar-refractivity contribution in [3.8, 4) is 5.75 Å². The van der Waals surface area contributed by atoms with Gasteiger partial charge in [0.2, 0.25) is 5.91 Å². The van der Waals surface area contributed by atoms with Crippen LogP contribution in [0, 0.1) is 5.92 Å². The normalized spacial score (nSPS) is 11.8. The minimum atomic E-state index is -0.878. The highest BCUT2D eigenvalue weighted by Crippen LogP contribution is 2.23. The van der Waals surface area contributed by atoms with E-state index in [2.05, 4.69) is 21.2 Å². The quantitative estimate of drug-likeness (QED) is 0.749. The molecule has 0 saturated heterocycles. The van der Waals surface area contributed by atoms with Gasteiger partial charge < -0.3 is 15.2 Å². The number of methoxy groups -OCH3 is 1. The zero-order valence-electron chi connectivity index (χ0n) is 12.2. The minimum absolute atomic E-state index is 0.151. The van der Waals surface area contributed by atoms with Gasteiger partial charge in [-0.05, 0) is 24.6 Å². The Morgan fingerprint density at radius 2 is 2.14 bits per heavy atom. The summed E-state index contributed by atoms with van der Waals surface area (Å²) in [6.45, 7) is 2.07. The number of carboxylic acids is 1. The van der Waals surface area contributed by atoms with E-state index >= 15 is 0 Å². The average molecular weight is 358 g/mol. The smallest absolute Gasteiger partial charge is 0.308 e. The predicted octanol–water partition coefficient (Wildman–Crippen LogP) is 2.62. The first-order valence-electron chi connectivity index (χ1n) is 6.79. The van der Waals surface area contributed by atoms with Crippen LogP contribution in [0.5, 0.6) is 5.75 Å². The summed E-state index contributed by atoms with van der Waals surface area (Å²) in [6, 6.07) is 5.44. The van der Waals surface area contributed by atoms with Gasteiger partial charge in [0.05, 0.1) is 19.4 Å². The van der Waals surface area contributed by atoms with Crippen LogP contribution >= 0.6 is 15.9 Å². The molecule has 0 aromatic heterocycles. The Balaban J connectivity index is 2.61. The van der Waals surface area contributed by atoms with Crippen LogP contribution in [0.25, 0.3) is 0 Å². The van der Waals surface area contributed by atoms with Crippen molar-refractivity contribution >= 4 is 27.8 Å². The lowest BCUT2D eigenvalue weighted by atomic mass is 10.0. The first kappa shape index (κ1) is 17.5. The molecule has 0 fully saturated rings. The van der Waals surface area contributed by atoms with Gasteiger partial charge in [-0.15, -0.1) is 0 Å². The Bertz CT molecular complexity index is 504. The number of aliphatic carboxylic acids is 1. The molecule has 0 saturated carbocycles. The molecule has 21 heavy (non-hydrogen) atoms. The lowest BCUT2D eigenvalue weighted by Crippen LogP contribution is -2.33. The molecule has 0 radical (unpaired) electrons. The number of benzene rings is 1. The maximum Gasteiger partial charge on any atom is 0.308 e. The van der Waals surface area contributed by atoms with Gasteiger partial charge >= 0.3 is 5.97 Å². The monoisotopic (exact) mass is 357 g/mol. The lowest BCUT2D eigenvalue weighted by Gasteiger charge is -2.13. The number of halogens is 1. The van der Waals surface area contributed by atoms with E-state index in [0.717, 1.165) is 16.5 Å². The summed E-state index contributed by atoms with van der Waals surface area (Å²) in [5, 5.41) is 11.7. The van der Waals surface area contributed by atoms with E-state index in [0.29, 0.717) is 12.2 Å². The first-order valence-corrected chi connectivity index (χ1v) is 7.59. The van der Waals surface area contributed by atoms with E-state index in [1.165, 1.54) is 0 Å². The standard InChI is InChI=1S/C15H20BrNO4/c1-3-4-10(15(19)20)9-17-14(18)8-11-7-12(16)5-6-13(11)21-2/h5-7,10H,3-4,8-9H2,1-2H3,(H,17,18)(H,19,20). The highest BCUT2D eigenvalue weighted by Gasteiger charge is 2.17. The van der Waals surface area contributed by atoms with Crippen LogP contribution in [-0.2, 0) is 16.0 Å². The number of nitrogens with one attached hydrogen (secondary N) is 1. The van der Waals surface area contributed by atoms with Crippen molar-refractivity contribution in [1.29, 1.82) is 0 Å². The van der Waals surface area contributed by atoms with Crippen LogP contribution in [0.1, 0.15) is 25.3 Å². The van der Waals surface area contributed by atoms with Gasteiger partial charge in [0.25, 0.3) is 0 Å². The Morgan fingerprint density at radius 3 is 2.71 bits per heavy atom. The predicted molar refractivity (Wildman–Crippen MR) is 83.4 cm³/mol. The molecule has 6 heteroatoms. The van der Waals surface area contributed by atoms with E-state index in [1.807, 2.05) is 19.1 Å². The second-order valence-electron chi connectivity index (χ2n) is 4.76. The Labute approximate surface area is 132 Å². The van der Waals surface area contributed by atoms with E-state index in [-0.39, 0.29) is 18.9 Å². The zero-order valence-corrected chi connectivity index (χ0v) is 13.8. The summed E-state index contributed by atoms with van der Waals surface area (Å²) in [6.07, 6.45) is 1.48. The summed E-state index contributed by atoms with van der Waals surface area (Å²) < 4.78 is 6.07. The number of carbonyl (C=O) groups is 2. The molecule has 1 aromatic rings. The molecule has 116 valence electrons. The fraction of sp³-hybridized carbons (Fsp3) is 0.467. The topological polar surface area (TPSA) is 75.6 Å². The van der Waals surface area contributed by atoms with Gasteiger partial charge in [-0.3, -0.25) is 9.59 Å². The average Bonchev–Trinajstić information content (AvgIpc) is 2.43. The number of hydrogen-bond acceptors (Lipinski definition) is 3. The molecule has 2 N–H and O–H groups in total. The second-order valence-corrected chi connectivity index (χ2v) is 5.68. The van der Waals surface area contributed by atoms with Crippen molar-refractivity contribution in [3.63, 3.8) is 0 Å². The van der Waals surface area contributed by atoms with Crippen LogP contribution < -0.4 is 10.1 Å². The van der Waals surface area contributed by atoms with Gasteiger partial charge in [-0.2, -0.15) is 0 Å². The highest BCUT2D eigenvalue weighted by molar-refractivity contribution is 9.10. The SMILES string of the molecule is CCCC(CNC(=O)Cc1cc(Br)ccc1OC)C(=O)O. The lowest BCUT2D eigenvalue weighted by molar-refractivity contribution is -0.141. The Morgan fingerprint density at radius 1 is 1.43 bits per heavy atom. The molecule has 0 aliphatic heterocycles. The number of carbonyl (C=O) groups excluding carboxylic acids is 1. The molecule has 0 aliphatic rings. The number of amides is 1. The van der Waals surface area contributed by atoms with Crippen LogP contribution in [0.4, 0.5) is 0 Å². The molecule has 1 amide bonds. The molecule has 1 unspecified atom stereocenters. The fourth-order valence-corrected chi connectivity index (χ4v) is 2.43. The first-order chi connectivity index (χ1) is 9.97. The maximum absolute atomic E-state index is 11.9. The molecule has 0 heterocycles. The van der Waals surface area contributed by atoms with Gasteiger partial charge in [0.15, 0.2) is 0 Å². The molecular weight excluding hydrogens is 338 g/mol. The zero-order chi connectivity index (χ0) is 15.8. The van der Waals surface area contributed by atoms with E-state index in [9.17, 15) is 9.59 Å². The van der Waals surface area contributed by atoms with E-state index in [1.54, 1.807) is 13.2 Å². The Hall–Kier alpha value is -1.56. The molecule has 1 atom stereocenters. The molecule has 1 rings (SSSR count). The van der Waals surface area contributed by atoms with Gasteiger partial charge in [0, 0.05) is 16.6 Å². The number of hydrogen-bond donors (Lipinski definition) is 2. The largest absolute Gasteiger partial charge is 0.496 e. The van der Waals surface area contributed by atoms with Gasteiger partial charge in [-0.1, -0.05) is 29.3 Å². The number of rotatable bonds is 8. The highest BCUT2D eigenvalue weighted by atomic mass is 79.9. The van der Waals surface area contributed by atoms with Crippen LogP contribution in [0.15, 0.2) is 22.7 Å². The molecule has 0 aliphatic carbocycles. The number of carboxylic acid groups (broad SMARTS) is 1. The van der Waals surface area contributed by atoms with Crippen molar-refractivity contribution in [3.05, 3.63) is 28.2 Å². The second kappa shape index (κ2) is 8.67. The van der Waals surface area contributed by atoms with E-state index in [4.69, 9.17) is 9.84 Å². The third-order valence-corrected chi connectivity index (χ3v) is 3.62. The summed E-state index contributed by atoms with van der Waals surface area (Å²) >= 11 is 3.35. The van der Waals surface area contributed by atoms with E-state index < -0.39 is 11.9 Å².